The predicted molar refractivity (Wildman–Crippen MR) is 114 cm³/mol. The van der Waals surface area contributed by atoms with Gasteiger partial charge in [-0.2, -0.15) is 0 Å². The maximum Gasteiger partial charge on any atom is 0.0642 e. The first-order valence-electron chi connectivity index (χ1n) is 10.4. The van der Waals surface area contributed by atoms with Crippen molar-refractivity contribution in [2.45, 2.75) is 6.54 Å². The molecule has 28 heavy (non-hydrogen) atoms. The van der Waals surface area contributed by atoms with Crippen molar-refractivity contribution in [2.24, 2.45) is 0 Å². The minimum atomic E-state index is 0.259. The lowest BCUT2D eigenvalue weighted by Crippen LogP contribution is -2.46. The number of benzene rings is 2. The maximum absolute atomic E-state index is 9.06. The number of aliphatic hydroxyl groups excluding tert-OH is 1. The number of hydrogen-bond acceptors (Lipinski definition) is 5. The van der Waals surface area contributed by atoms with E-state index in [1.165, 1.54) is 22.4 Å². The first-order chi connectivity index (χ1) is 13.8. The first kappa shape index (κ1) is 19.4. The minimum absolute atomic E-state index is 0.259. The molecular formula is C23H31N3O2. The zero-order chi connectivity index (χ0) is 19.2. The quantitative estimate of drug-likeness (QED) is 0.831. The molecule has 2 aromatic rings. The van der Waals surface area contributed by atoms with Crippen LogP contribution in [0.5, 0.6) is 0 Å². The Morgan fingerprint density at radius 1 is 0.714 bits per heavy atom. The molecule has 0 atom stereocenters. The second-order valence-corrected chi connectivity index (χ2v) is 7.68. The van der Waals surface area contributed by atoms with Gasteiger partial charge in [-0.3, -0.25) is 9.80 Å². The Morgan fingerprint density at radius 3 is 1.89 bits per heavy atom. The van der Waals surface area contributed by atoms with Crippen LogP contribution in [0.3, 0.4) is 0 Å². The second-order valence-electron chi connectivity index (χ2n) is 7.68. The summed E-state index contributed by atoms with van der Waals surface area (Å²) in [6.07, 6.45) is 0. The summed E-state index contributed by atoms with van der Waals surface area (Å²) in [5.74, 6) is 0. The number of aliphatic hydroxyl groups is 1. The van der Waals surface area contributed by atoms with Crippen LogP contribution >= 0.6 is 0 Å². The fourth-order valence-electron chi connectivity index (χ4n) is 4.06. The Morgan fingerprint density at radius 2 is 1.29 bits per heavy atom. The average molecular weight is 382 g/mol. The molecule has 0 aliphatic carbocycles. The molecule has 2 fully saturated rings. The van der Waals surface area contributed by atoms with Crippen molar-refractivity contribution < 1.29 is 9.84 Å². The van der Waals surface area contributed by atoms with E-state index >= 15 is 0 Å². The summed E-state index contributed by atoms with van der Waals surface area (Å²) in [7, 11) is 0. The lowest BCUT2D eigenvalue weighted by Gasteiger charge is -2.34. The largest absolute Gasteiger partial charge is 0.395 e. The van der Waals surface area contributed by atoms with Gasteiger partial charge in [0.25, 0.3) is 0 Å². The minimum Gasteiger partial charge on any atom is -0.395 e. The number of morpholine rings is 1. The van der Waals surface area contributed by atoms with E-state index in [-0.39, 0.29) is 6.61 Å². The Kier molecular flexibility index (Phi) is 6.60. The first-order valence-corrected chi connectivity index (χ1v) is 10.4. The van der Waals surface area contributed by atoms with Gasteiger partial charge in [-0.15, -0.1) is 0 Å². The van der Waals surface area contributed by atoms with E-state index in [1.807, 2.05) is 0 Å². The van der Waals surface area contributed by atoms with E-state index in [0.717, 1.165) is 65.6 Å². The normalized spacial score (nSPS) is 19.1. The number of β-amino-alcohol motifs (C(OH)–C–C–N with tert-alkyl or cyclic N) is 1. The van der Waals surface area contributed by atoms with E-state index in [2.05, 4.69) is 63.2 Å². The van der Waals surface area contributed by atoms with Gasteiger partial charge in [0.15, 0.2) is 0 Å². The van der Waals surface area contributed by atoms with Crippen LogP contribution in [0.1, 0.15) is 5.56 Å². The molecule has 2 saturated heterocycles. The van der Waals surface area contributed by atoms with Gasteiger partial charge in [0.05, 0.1) is 19.8 Å². The molecule has 0 spiro atoms. The van der Waals surface area contributed by atoms with Crippen molar-refractivity contribution in [2.75, 3.05) is 70.5 Å². The number of hydrogen-bond donors (Lipinski definition) is 1. The van der Waals surface area contributed by atoms with Crippen molar-refractivity contribution in [3.8, 4) is 11.1 Å². The predicted octanol–water partition coefficient (Wildman–Crippen LogP) is 2.30. The van der Waals surface area contributed by atoms with Gasteiger partial charge >= 0.3 is 0 Å². The van der Waals surface area contributed by atoms with Gasteiger partial charge in [0, 0.05) is 58.0 Å². The molecule has 2 aliphatic rings. The summed E-state index contributed by atoms with van der Waals surface area (Å²) >= 11 is 0. The molecule has 0 saturated carbocycles. The highest BCUT2D eigenvalue weighted by atomic mass is 16.5. The molecule has 150 valence electrons. The highest BCUT2D eigenvalue weighted by molar-refractivity contribution is 5.66. The van der Waals surface area contributed by atoms with Gasteiger partial charge in [-0.05, 0) is 28.8 Å². The molecule has 0 aromatic heterocycles. The lowest BCUT2D eigenvalue weighted by atomic mass is 10.0. The molecule has 0 amide bonds. The van der Waals surface area contributed by atoms with E-state index < -0.39 is 0 Å². The molecule has 2 heterocycles. The third kappa shape index (κ3) is 4.92. The smallest absolute Gasteiger partial charge is 0.0642 e. The molecule has 2 aromatic carbocycles. The van der Waals surface area contributed by atoms with Gasteiger partial charge in [0.2, 0.25) is 0 Å². The number of anilines is 1. The number of piperazine rings is 1. The number of rotatable bonds is 6. The zero-order valence-electron chi connectivity index (χ0n) is 16.6. The second kappa shape index (κ2) is 9.52. The standard InChI is InChI=1S/C23H31N3O2/c27-16-13-24-9-11-25(12-10-24)19-20-1-3-21(4-2-20)22-5-7-23(8-6-22)26-14-17-28-18-15-26/h1-8,27H,9-19H2. The SMILES string of the molecule is OCCN1CCN(Cc2ccc(-c3ccc(N4CCOCC4)cc3)cc2)CC1. The number of nitrogens with zero attached hydrogens (tertiary/aromatic N) is 3. The Bertz CT molecular complexity index is 719. The highest BCUT2D eigenvalue weighted by Gasteiger charge is 2.16. The van der Waals surface area contributed by atoms with Crippen LogP contribution in [-0.4, -0.2) is 80.5 Å². The third-order valence-corrected chi connectivity index (χ3v) is 5.82. The molecule has 2 aliphatic heterocycles. The van der Waals surface area contributed by atoms with Gasteiger partial charge in [0.1, 0.15) is 0 Å². The summed E-state index contributed by atoms with van der Waals surface area (Å²) in [5.41, 5.74) is 5.18. The fourth-order valence-corrected chi connectivity index (χ4v) is 4.06. The van der Waals surface area contributed by atoms with Crippen molar-refractivity contribution in [3.63, 3.8) is 0 Å². The van der Waals surface area contributed by atoms with E-state index in [4.69, 9.17) is 9.84 Å². The molecule has 1 N–H and O–H groups in total. The average Bonchev–Trinajstić information content (AvgIpc) is 2.77. The van der Waals surface area contributed by atoms with Crippen LogP contribution in [0.4, 0.5) is 5.69 Å². The summed E-state index contributed by atoms with van der Waals surface area (Å²) in [5, 5.41) is 9.06. The van der Waals surface area contributed by atoms with E-state index in [1.54, 1.807) is 0 Å². The monoisotopic (exact) mass is 381 g/mol. The van der Waals surface area contributed by atoms with Crippen LogP contribution in [0.15, 0.2) is 48.5 Å². The molecule has 0 bridgehead atoms. The summed E-state index contributed by atoms with van der Waals surface area (Å²) in [4.78, 5) is 7.22. The molecule has 0 unspecified atom stereocenters. The zero-order valence-corrected chi connectivity index (χ0v) is 16.6. The Hall–Kier alpha value is -1.92. The van der Waals surface area contributed by atoms with Crippen molar-refractivity contribution in [3.05, 3.63) is 54.1 Å². The van der Waals surface area contributed by atoms with Gasteiger partial charge in [-0.1, -0.05) is 36.4 Å². The molecule has 5 nitrogen and oxygen atoms in total. The molecular weight excluding hydrogens is 350 g/mol. The van der Waals surface area contributed by atoms with Crippen LogP contribution in [0.25, 0.3) is 11.1 Å². The number of ether oxygens (including phenoxy) is 1. The van der Waals surface area contributed by atoms with Crippen LogP contribution < -0.4 is 4.90 Å². The Labute approximate surface area is 168 Å². The fraction of sp³-hybridized carbons (Fsp3) is 0.478. The third-order valence-electron chi connectivity index (χ3n) is 5.82. The molecule has 0 radical (unpaired) electrons. The molecule has 4 rings (SSSR count). The van der Waals surface area contributed by atoms with Crippen LogP contribution in [-0.2, 0) is 11.3 Å². The Balaban J connectivity index is 1.33. The summed E-state index contributed by atoms with van der Waals surface area (Å²) < 4.78 is 5.44. The van der Waals surface area contributed by atoms with Gasteiger partial charge < -0.3 is 14.7 Å². The topological polar surface area (TPSA) is 39.2 Å². The van der Waals surface area contributed by atoms with Crippen molar-refractivity contribution in [1.29, 1.82) is 0 Å². The van der Waals surface area contributed by atoms with Gasteiger partial charge in [-0.25, -0.2) is 0 Å². The van der Waals surface area contributed by atoms with Crippen molar-refractivity contribution >= 4 is 5.69 Å². The lowest BCUT2D eigenvalue weighted by molar-refractivity contribution is 0.108. The van der Waals surface area contributed by atoms with E-state index in [9.17, 15) is 0 Å². The van der Waals surface area contributed by atoms with Crippen LogP contribution in [0.2, 0.25) is 0 Å². The maximum atomic E-state index is 9.06. The van der Waals surface area contributed by atoms with E-state index in [0.29, 0.717) is 0 Å². The van der Waals surface area contributed by atoms with Crippen molar-refractivity contribution in [1.82, 2.24) is 9.80 Å². The van der Waals surface area contributed by atoms with Crippen LogP contribution in [0, 0.1) is 0 Å². The highest BCUT2D eigenvalue weighted by Crippen LogP contribution is 2.24. The molecule has 5 heteroatoms. The summed E-state index contributed by atoms with van der Waals surface area (Å²) in [6.45, 7) is 9.90. The summed E-state index contributed by atoms with van der Waals surface area (Å²) in [6, 6.07) is 17.9.